The molecule has 1 aliphatic heterocycles. The van der Waals surface area contributed by atoms with Crippen LogP contribution in [0.4, 0.5) is 8.78 Å². The molecule has 0 atom stereocenters. The largest absolute Gasteiger partial charge is 0.384 e. The summed E-state index contributed by atoms with van der Waals surface area (Å²) in [5.41, 5.74) is 2.52. The number of rotatable bonds is 6. The summed E-state index contributed by atoms with van der Waals surface area (Å²) in [4.78, 5) is 0. The average Bonchev–Trinajstić information content (AvgIpc) is 2.75. The summed E-state index contributed by atoms with van der Waals surface area (Å²) in [7, 11) is 1.66. The number of aryl methyl sites for hydroxylation is 2. The van der Waals surface area contributed by atoms with Crippen molar-refractivity contribution in [3.05, 3.63) is 82.9 Å². The third-order valence-electron chi connectivity index (χ3n) is 5.30. The molecule has 3 aromatic carbocycles. The molecule has 152 valence electrons. The molecule has 0 aliphatic carbocycles. The Morgan fingerprint density at radius 1 is 0.931 bits per heavy atom. The van der Waals surface area contributed by atoms with Crippen LogP contribution < -0.4 is 0 Å². The second kappa shape index (κ2) is 8.99. The first-order valence-corrected chi connectivity index (χ1v) is 9.81. The lowest BCUT2D eigenvalue weighted by atomic mass is 9.99. The molecule has 0 saturated carbocycles. The first-order valence-electron chi connectivity index (χ1n) is 9.81. The van der Waals surface area contributed by atoms with Gasteiger partial charge in [-0.1, -0.05) is 36.4 Å². The van der Waals surface area contributed by atoms with Crippen LogP contribution in [0.15, 0.2) is 54.6 Å². The van der Waals surface area contributed by atoms with Crippen molar-refractivity contribution in [1.82, 2.24) is 0 Å². The van der Waals surface area contributed by atoms with Gasteiger partial charge in [-0.25, -0.2) is 8.78 Å². The van der Waals surface area contributed by atoms with E-state index in [1.54, 1.807) is 25.3 Å². The Balaban J connectivity index is 1.47. The summed E-state index contributed by atoms with van der Waals surface area (Å²) in [6.07, 6.45) is 0.784. The van der Waals surface area contributed by atoms with E-state index in [9.17, 15) is 4.39 Å². The van der Waals surface area contributed by atoms with Crippen molar-refractivity contribution in [1.29, 1.82) is 0 Å². The number of methoxy groups -OCH3 is 1. The molecular weight excluding hydrogens is 374 g/mol. The molecule has 0 unspecified atom stereocenters. The molecule has 3 aromatic rings. The van der Waals surface area contributed by atoms with Crippen LogP contribution in [0.5, 0.6) is 0 Å². The van der Waals surface area contributed by atoms with Crippen LogP contribution in [-0.4, -0.2) is 26.9 Å². The predicted octanol–water partition coefficient (Wildman–Crippen LogP) is 5.21. The second-order valence-electron chi connectivity index (χ2n) is 7.47. The average molecular weight is 398 g/mol. The molecule has 1 aliphatic rings. The number of benzene rings is 3. The molecule has 1 heterocycles. The number of hydrogen-bond donors (Lipinski definition) is 0. The Bertz CT molecular complexity index is 964. The lowest BCUT2D eigenvalue weighted by Crippen LogP contribution is -2.29. The molecule has 3 nitrogen and oxygen atoms in total. The molecule has 0 bridgehead atoms. The second-order valence-corrected chi connectivity index (χ2v) is 7.47. The highest BCUT2D eigenvalue weighted by molar-refractivity contribution is 5.84. The smallest absolute Gasteiger partial charge is 0.183 e. The summed E-state index contributed by atoms with van der Waals surface area (Å²) < 4.78 is 44.8. The van der Waals surface area contributed by atoms with Gasteiger partial charge in [0.15, 0.2) is 6.29 Å². The fourth-order valence-electron chi connectivity index (χ4n) is 3.69. The molecular formula is C24H24F2O3. The minimum absolute atomic E-state index is 0.207. The van der Waals surface area contributed by atoms with Gasteiger partial charge in [0, 0.05) is 24.0 Å². The molecule has 4 rings (SSSR count). The summed E-state index contributed by atoms with van der Waals surface area (Å²) in [5.74, 6) is -0.235. The standard InChI is InChI=1S/C24H24F2O3/c1-27-13-17-14-28-24(29-15-17)20-8-11-22-19(12-20)7-6-18(23(22)26)5-2-16-3-9-21(25)10-4-16/h3-4,6-12,17,24H,2,5,13-15H2,1H3. The van der Waals surface area contributed by atoms with E-state index in [0.29, 0.717) is 43.6 Å². The molecule has 0 amide bonds. The Morgan fingerprint density at radius 3 is 2.41 bits per heavy atom. The maximum atomic E-state index is 15.0. The first kappa shape index (κ1) is 20.0. The van der Waals surface area contributed by atoms with Gasteiger partial charge >= 0.3 is 0 Å². The fourth-order valence-corrected chi connectivity index (χ4v) is 3.69. The summed E-state index contributed by atoms with van der Waals surface area (Å²) in [6, 6.07) is 15.7. The molecule has 1 fully saturated rings. The number of ether oxygens (including phenoxy) is 3. The van der Waals surface area contributed by atoms with Crippen LogP contribution in [0.1, 0.15) is 23.0 Å². The van der Waals surface area contributed by atoms with Crippen LogP contribution in [-0.2, 0) is 27.1 Å². The molecule has 29 heavy (non-hydrogen) atoms. The number of fused-ring (bicyclic) bond motifs is 1. The summed E-state index contributed by atoms with van der Waals surface area (Å²) in [6.45, 7) is 1.76. The maximum absolute atomic E-state index is 15.0. The van der Waals surface area contributed by atoms with Crippen molar-refractivity contribution in [3.8, 4) is 0 Å². The Hall–Kier alpha value is -2.34. The van der Waals surface area contributed by atoms with Crippen LogP contribution >= 0.6 is 0 Å². The number of hydrogen-bond acceptors (Lipinski definition) is 3. The molecule has 1 saturated heterocycles. The zero-order valence-electron chi connectivity index (χ0n) is 16.4. The minimum Gasteiger partial charge on any atom is -0.384 e. The number of halogens is 2. The Labute approximate surface area is 169 Å². The highest BCUT2D eigenvalue weighted by atomic mass is 19.1. The van der Waals surface area contributed by atoms with Crippen LogP contribution in [0.2, 0.25) is 0 Å². The lowest BCUT2D eigenvalue weighted by Gasteiger charge is -2.29. The van der Waals surface area contributed by atoms with Gasteiger partial charge in [-0.3, -0.25) is 0 Å². The maximum Gasteiger partial charge on any atom is 0.183 e. The van der Waals surface area contributed by atoms with E-state index in [-0.39, 0.29) is 17.6 Å². The van der Waals surface area contributed by atoms with Gasteiger partial charge in [0.25, 0.3) is 0 Å². The van der Waals surface area contributed by atoms with Gasteiger partial charge in [-0.05, 0) is 47.6 Å². The molecule has 0 N–H and O–H groups in total. The zero-order valence-corrected chi connectivity index (χ0v) is 16.4. The van der Waals surface area contributed by atoms with E-state index < -0.39 is 6.29 Å². The van der Waals surface area contributed by atoms with Crippen molar-refractivity contribution in [2.24, 2.45) is 5.92 Å². The van der Waals surface area contributed by atoms with Gasteiger partial charge < -0.3 is 14.2 Å². The van der Waals surface area contributed by atoms with Crippen LogP contribution in [0.3, 0.4) is 0 Å². The SMILES string of the molecule is COCC1COC(c2ccc3c(F)c(CCc4ccc(F)cc4)ccc3c2)OC1. The minimum atomic E-state index is -0.436. The van der Waals surface area contributed by atoms with Gasteiger partial charge in [-0.2, -0.15) is 0 Å². The van der Waals surface area contributed by atoms with Gasteiger partial charge in [-0.15, -0.1) is 0 Å². The van der Waals surface area contributed by atoms with Gasteiger partial charge in [0.2, 0.25) is 0 Å². The zero-order chi connectivity index (χ0) is 20.2. The molecule has 5 heteroatoms. The summed E-state index contributed by atoms with van der Waals surface area (Å²) >= 11 is 0. The van der Waals surface area contributed by atoms with E-state index in [1.165, 1.54) is 12.1 Å². The highest BCUT2D eigenvalue weighted by Gasteiger charge is 2.24. The van der Waals surface area contributed by atoms with E-state index >= 15 is 4.39 Å². The molecule has 0 aromatic heterocycles. The molecule has 0 radical (unpaired) electrons. The van der Waals surface area contributed by atoms with E-state index in [4.69, 9.17) is 14.2 Å². The third-order valence-corrected chi connectivity index (χ3v) is 5.30. The predicted molar refractivity (Wildman–Crippen MR) is 108 cm³/mol. The van der Waals surface area contributed by atoms with Crippen molar-refractivity contribution in [2.45, 2.75) is 19.1 Å². The van der Waals surface area contributed by atoms with Crippen molar-refractivity contribution in [3.63, 3.8) is 0 Å². The first-order chi connectivity index (χ1) is 14.1. The van der Waals surface area contributed by atoms with E-state index in [2.05, 4.69) is 0 Å². The van der Waals surface area contributed by atoms with Gasteiger partial charge in [0.1, 0.15) is 11.6 Å². The lowest BCUT2D eigenvalue weighted by molar-refractivity contribution is -0.210. The topological polar surface area (TPSA) is 27.7 Å². The van der Waals surface area contributed by atoms with Crippen molar-refractivity contribution < 1.29 is 23.0 Å². The van der Waals surface area contributed by atoms with Gasteiger partial charge in [0.05, 0.1) is 19.8 Å². The third kappa shape index (κ3) is 4.64. The summed E-state index contributed by atoms with van der Waals surface area (Å²) in [5, 5.41) is 1.40. The van der Waals surface area contributed by atoms with Crippen LogP contribution in [0.25, 0.3) is 10.8 Å². The fraction of sp³-hybridized carbons (Fsp3) is 0.333. The highest BCUT2D eigenvalue weighted by Crippen LogP contribution is 2.30. The van der Waals surface area contributed by atoms with Crippen LogP contribution in [0, 0.1) is 17.6 Å². The monoisotopic (exact) mass is 398 g/mol. The Kier molecular flexibility index (Phi) is 6.19. The van der Waals surface area contributed by atoms with E-state index in [1.807, 2.05) is 24.3 Å². The van der Waals surface area contributed by atoms with Crippen molar-refractivity contribution in [2.75, 3.05) is 26.9 Å². The quantitative estimate of drug-likeness (QED) is 0.570. The Morgan fingerprint density at radius 2 is 1.69 bits per heavy atom. The van der Waals surface area contributed by atoms with E-state index in [0.717, 1.165) is 16.5 Å². The normalized spacial score (nSPS) is 19.6. The van der Waals surface area contributed by atoms with Crippen molar-refractivity contribution >= 4 is 10.8 Å². The molecule has 0 spiro atoms.